The highest BCUT2D eigenvalue weighted by molar-refractivity contribution is 5.92. The minimum Gasteiger partial charge on any atom is -0.390 e. The maximum atomic E-state index is 12.2. The summed E-state index contributed by atoms with van der Waals surface area (Å²) in [6, 6.07) is 7.21. The van der Waals surface area contributed by atoms with Crippen molar-refractivity contribution < 1.29 is 9.90 Å². The van der Waals surface area contributed by atoms with Gasteiger partial charge in [0.05, 0.1) is 40.9 Å². The second-order valence-corrected chi connectivity index (χ2v) is 8.32. The Kier molecular flexibility index (Phi) is 5.68. The molecular weight excluding hydrogens is 434 g/mol. The molecule has 0 unspecified atom stereocenters. The molecule has 3 N–H and O–H groups in total. The van der Waals surface area contributed by atoms with Crippen molar-refractivity contribution in [2.75, 3.05) is 7.05 Å². The minimum atomic E-state index is -0.259. The number of carbonyl (C=O) groups excluding carboxylic acids is 1. The highest BCUT2D eigenvalue weighted by Crippen LogP contribution is 2.29. The summed E-state index contributed by atoms with van der Waals surface area (Å²) in [7, 11) is 1.56. The molecule has 174 valence electrons. The molecule has 0 aliphatic carbocycles. The fourth-order valence-electron chi connectivity index (χ4n) is 4.37. The number of aryl methyl sites for hydroxylation is 1. The highest BCUT2D eigenvalue weighted by atomic mass is 16.3. The van der Waals surface area contributed by atoms with Crippen molar-refractivity contribution in [3.05, 3.63) is 80.8 Å². The molecule has 0 saturated heterocycles. The van der Waals surface area contributed by atoms with Gasteiger partial charge in [0.25, 0.3) is 11.5 Å². The van der Waals surface area contributed by atoms with Crippen molar-refractivity contribution in [1.82, 2.24) is 34.9 Å². The first-order chi connectivity index (χ1) is 16.5. The number of fused-ring (bicyclic) bond motifs is 2. The van der Waals surface area contributed by atoms with Gasteiger partial charge in [-0.15, -0.1) is 0 Å². The molecule has 0 radical (unpaired) electrons. The normalized spacial score (nSPS) is 13.4. The lowest BCUT2D eigenvalue weighted by Gasteiger charge is -2.16. The number of aliphatic hydroxyl groups is 1. The second kappa shape index (κ2) is 8.81. The Morgan fingerprint density at radius 2 is 2.06 bits per heavy atom. The molecule has 34 heavy (non-hydrogen) atoms. The van der Waals surface area contributed by atoms with Gasteiger partial charge in [-0.05, 0) is 36.2 Å². The third kappa shape index (κ3) is 3.87. The van der Waals surface area contributed by atoms with Crippen LogP contribution >= 0.6 is 0 Å². The van der Waals surface area contributed by atoms with Gasteiger partial charge in [0.2, 0.25) is 0 Å². The molecular formula is C24H25N7O3. The lowest BCUT2D eigenvalue weighted by molar-refractivity contribution is 0.0958. The van der Waals surface area contributed by atoms with Gasteiger partial charge in [-0.25, -0.2) is 9.67 Å². The summed E-state index contributed by atoms with van der Waals surface area (Å²) in [4.78, 5) is 37.8. The van der Waals surface area contributed by atoms with Crippen molar-refractivity contribution in [1.29, 1.82) is 0 Å². The molecule has 1 aliphatic rings. The van der Waals surface area contributed by atoms with Crippen LogP contribution in [0.3, 0.4) is 0 Å². The van der Waals surface area contributed by atoms with Gasteiger partial charge in [-0.3, -0.25) is 19.5 Å². The Hall–Kier alpha value is -3.89. The number of aliphatic hydroxyl groups excluding tert-OH is 1. The molecule has 4 aromatic rings. The van der Waals surface area contributed by atoms with E-state index in [1.165, 1.54) is 0 Å². The second-order valence-electron chi connectivity index (χ2n) is 8.32. The molecule has 0 saturated carbocycles. The van der Waals surface area contributed by atoms with Crippen LogP contribution in [-0.2, 0) is 32.7 Å². The number of nitrogens with one attached hydrogen (secondary N) is 2. The first-order valence-electron chi connectivity index (χ1n) is 11.1. The van der Waals surface area contributed by atoms with Crippen molar-refractivity contribution >= 4 is 16.9 Å². The predicted molar refractivity (Wildman–Crippen MR) is 125 cm³/mol. The van der Waals surface area contributed by atoms with Crippen LogP contribution in [0.4, 0.5) is 0 Å². The van der Waals surface area contributed by atoms with E-state index in [0.29, 0.717) is 43.1 Å². The molecule has 10 nitrogen and oxygen atoms in total. The zero-order valence-corrected chi connectivity index (χ0v) is 19.0. The number of nitrogens with zero attached hydrogens (tertiary/aromatic N) is 5. The van der Waals surface area contributed by atoms with Gasteiger partial charge >= 0.3 is 0 Å². The summed E-state index contributed by atoms with van der Waals surface area (Å²) >= 11 is 0. The standard InChI is InChI=1S/C24H25N7O3/c1-3-15-7-19-20(28-23(15)33)6-14(8-26-19)10-30-11-17-21(12-30)29-31(22(17)13-32)16-4-5-18(27-9-16)24(34)25-2/h4-9,32H,3,10-13H2,1-2H3,(H,25,34)(H,28,33). The van der Waals surface area contributed by atoms with Gasteiger partial charge in [0.15, 0.2) is 0 Å². The number of H-pyrrole nitrogens is 1. The molecule has 4 aromatic heterocycles. The van der Waals surface area contributed by atoms with Gasteiger partial charge in [-0.2, -0.15) is 5.10 Å². The first kappa shape index (κ1) is 21.9. The summed E-state index contributed by atoms with van der Waals surface area (Å²) in [5.74, 6) is -0.259. The molecule has 0 aromatic carbocycles. The number of hydrogen-bond acceptors (Lipinski definition) is 7. The molecule has 5 rings (SSSR count). The van der Waals surface area contributed by atoms with Crippen molar-refractivity contribution in [3.63, 3.8) is 0 Å². The first-order valence-corrected chi connectivity index (χ1v) is 11.1. The number of pyridine rings is 3. The molecule has 10 heteroatoms. The molecule has 0 fully saturated rings. The molecule has 1 aliphatic heterocycles. The highest BCUT2D eigenvalue weighted by Gasteiger charge is 2.28. The van der Waals surface area contributed by atoms with E-state index in [1.54, 1.807) is 30.1 Å². The van der Waals surface area contributed by atoms with Crippen LogP contribution in [0.15, 0.2) is 41.5 Å². The number of hydrogen-bond donors (Lipinski definition) is 3. The lowest BCUT2D eigenvalue weighted by atomic mass is 10.1. The molecule has 1 amide bonds. The Bertz CT molecular complexity index is 1440. The monoisotopic (exact) mass is 459 g/mol. The Labute approximate surface area is 195 Å². The third-order valence-electron chi connectivity index (χ3n) is 6.14. The van der Waals surface area contributed by atoms with E-state index in [4.69, 9.17) is 5.10 Å². The Morgan fingerprint density at radius 3 is 2.76 bits per heavy atom. The van der Waals surface area contributed by atoms with Crippen LogP contribution in [0.1, 0.15) is 45.5 Å². The van der Waals surface area contributed by atoms with E-state index in [0.717, 1.165) is 33.4 Å². The van der Waals surface area contributed by atoms with Gasteiger partial charge in [-0.1, -0.05) is 6.92 Å². The maximum Gasteiger partial charge on any atom is 0.269 e. The maximum absolute atomic E-state index is 12.2. The van der Waals surface area contributed by atoms with Gasteiger partial charge in [0.1, 0.15) is 5.69 Å². The minimum absolute atomic E-state index is 0.0744. The SMILES string of the molecule is CCc1cc2ncc(CN3Cc4nn(-c5ccc(C(=O)NC)nc5)c(CO)c4C3)cc2[nH]c1=O. The van der Waals surface area contributed by atoms with E-state index in [9.17, 15) is 14.7 Å². The summed E-state index contributed by atoms with van der Waals surface area (Å²) in [5, 5.41) is 17.3. The van der Waals surface area contributed by atoms with E-state index >= 15 is 0 Å². The summed E-state index contributed by atoms with van der Waals surface area (Å²) < 4.78 is 1.69. The fourth-order valence-corrected chi connectivity index (χ4v) is 4.37. The van der Waals surface area contributed by atoms with Crippen LogP contribution < -0.4 is 10.9 Å². The molecule has 5 heterocycles. The van der Waals surface area contributed by atoms with Crippen LogP contribution in [0, 0.1) is 0 Å². The summed E-state index contributed by atoms with van der Waals surface area (Å²) in [6.45, 7) is 3.70. The fraction of sp³-hybridized carbons (Fsp3) is 0.292. The van der Waals surface area contributed by atoms with E-state index in [2.05, 4.69) is 25.2 Å². The van der Waals surface area contributed by atoms with Crippen molar-refractivity contribution in [3.8, 4) is 5.69 Å². The summed E-state index contributed by atoms with van der Waals surface area (Å²) in [5.41, 5.74) is 6.75. The number of rotatable bonds is 6. The third-order valence-corrected chi connectivity index (χ3v) is 6.14. The molecule has 0 spiro atoms. The van der Waals surface area contributed by atoms with E-state index in [1.807, 2.05) is 25.3 Å². The number of carbonyl (C=O) groups is 1. The number of aromatic nitrogens is 5. The van der Waals surface area contributed by atoms with Crippen molar-refractivity contribution in [2.45, 2.75) is 39.6 Å². The van der Waals surface area contributed by atoms with Crippen LogP contribution in [0.5, 0.6) is 0 Å². The molecule has 0 bridgehead atoms. The number of aromatic amines is 1. The average molecular weight is 460 g/mol. The smallest absolute Gasteiger partial charge is 0.269 e. The average Bonchev–Trinajstić information content (AvgIpc) is 3.40. The molecule has 0 atom stereocenters. The van der Waals surface area contributed by atoms with E-state index in [-0.39, 0.29) is 18.1 Å². The van der Waals surface area contributed by atoms with Gasteiger partial charge in [0, 0.05) is 44.0 Å². The van der Waals surface area contributed by atoms with Crippen LogP contribution in [-0.4, -0.2) is 47.7 Å². The van der Waals surface area contributed by atoms with Crippen LogP contribution in [0.25, 0.3) is 16.7 Å². The predicted octanol–water partition coefficient (Wildman–Crippen LogP) is 1.43. The summed E-state index contributed by atoms with van der Waals surface area (Å²) in [6.07, 6.45) is 4.08. The zero-order valence-electron chi connectivity index (χ0n) is 19.0. The Morgan fingerprint density at radius 1 is 1.21 bits per heavy atom. The topological polar surface area (TPSA) is 129 Å². The van der Waals surface area contributed by atoms with Crippen LogP contribution in [0.2, 0.25) is 0 Å². The Balaban J connectivity index is 1.36. The largest absolute Gasteiger partial charge is 0.390 e. The zero-order chi connectivity index (χ0) is 23.8. The number of amides is 1. The lowest BCUT2D eigenvalue weighted by Crippen LogP contribution is -2.20. The van der Waals surface area contributed by atoms with Crippen molar-refractivity contribution in [2.24, 2.45) is 0 Å². The van der Waals surface area contributed by atoms with Gasteiger partial charge < -0.3 is 15.4 Å². The van der Waals surface area contributed by atoms with E-state index < -0.39 is 0 Å². The quantitative estimate of drug-likeness (QED) is 0.398.